The number of carboxylic acid groups (broad SMARTS) is 1. The molecule has 8 heteroatoms. The summed E-state index contributed by atoms with van der Waals surface area (Å²) in [5.41, 5.74) is 0.786. The van der Waals surface area contributed by atoms with Crippen molar-refractivity contribution in [1.82, 2.24) is 14.9 Å². The van der Waals surface area contributed by atoms with E-state index in [0.29, 0.717) is 5.16 Å². The fourth-order valence-electron chi connectivity index (χ4n) is 1.97. The zero-order valence-electron chi connectivity index (χ0n) is 10.7. The smallest absolute Gasteiger partial charge is 0.304 e. The fraction of sp³-hybridized carbons (Fsp3) is 0.333. The topological polar surface area (TPSA) is 80.4 Å². The molecule has 20 heavy (non-hydrogen) atoms. The molecular formula is C12H12N4O2S2. The van der Waals surface area contributed by atoms with Crippen LogP contribution in [0, 0.1) is 0 Å². The van der Waals surface area contributed by atoms with Crippen LogP contribution >= 0.6 is 23.1 Å². The molecule has 6 nitrogen and oxygen atoms in total. The second-order valence-corrected chi connectivity index (χ2v) is 6.35. The van der Waals surface area contributed by atoms with Gasteiger partial charge in [0, 0.05) is 6.42 Å². The molecule has 0 saturated heterocycles. The van der Waals surface area contributed by atoms with E-state index in [9.17, 15) is 4.79 Å². The molecule has 0 saturated carbocycles. The van der Waals surface area contributed by atoms with E-state index in [1.165, 1.54) is 11.8 Å². The molecule has 0 aliphatic carbocycles. The van der Waals surface area contributed by atoms with Crippen molar-refractivity contribution in [2.75, 3.05) is 0 Å². The van der Waals surface area contributed by atoms with E-state index < -0.39 is 5.97 Å². The first kappa shape index (κ1) is 13.3. The Labute approximate surface area is 123 Å². The lowest BCUT2D eigenvalue weighted by Gasteiger charge is -2.20. The molecule has 1 aliphatic rings. The van der Waals surface area contributed by atoms with Crippen LogP contribution in [0.5, 0.6) is 0 Å². The van der Waals surface area contributed by atoms with Crippen molar-refractivity contribution in [3.05, 3.63) is 28.2 Å². The summed E-state index contributed by atoms with van der Waals surface area (Å²) in [5.74, 6) is -0.0502. The number of hydrogen-bond donors (Lipinski definition) is 1. The summed E-state index contributed by atoms with van der Waals surface area (Å²) >= 11 is 2.97. The first-order valence-corrected chi connectivity index (χ1v) is 7.90. The number of hydrogen-bond acceptors (Lipinski definition) is 6. The van der Waals surface area contributed by atoms with Gasteiger partial charge in [-0.05, 0) is 11.4 Å². The van der Waals surface area contributed by atoms with Gasteiger partial charge in [0.05, 0.1) is 22.3 Å². The minimum Gasteiger partial charge on any atom is -0.481 e. The number of aromatic nitrogens is 3. The lowest BCUT2D eigenvalue weighted by Crippen LogP contribution is -2.26. The third-order valence-corrected chi connectivity index (χ3v) is 4.92. The van der Waals surface area contributed by atoms with E-state index in [4.69, 9.17) is 5.11 Å². The van der Waals surface area contributed by atoms with Crippen molar-refractivity contribution in [3.8, 4) is 0 Å². The highest BCUT2D eigenvalue weighted by Crippen LogP contribution is 2.33. The van der Waals surface area contributed by atoms with Crippen LogP contribution in [-0.4, -0.2) is 36.9 Å². The number of rotatable bonds is 4. The number of thioether (sulfide) groups is 1. The Kier molecular flexibility index (Phi) is 3.58. The highest BCUT2D eigenvalue weighted by Gasteiger charge is 2.30. The minimum absolute atomic E-state index is 0.0235. The number of fused-ring (bicyclic) bond motifs is 1. The molecule has 0 amide bonds. The standard InChI is InChI=1S/C12H12N4O2S2/c1-2-9-13-14-12-16(9)15-11(7-4-3-5-19-7)8(20-12)6-10(17)18/h3-5,8H,2,6H2,1H3,(H,17,18)/t8-/m0/s1. The number of thiophene rings is 1. The van der Waals surface area contributed by atoms with E-state index >= 15 is 0 Å². The molecule has 1 N–H and O–H groups in total. The van der Waals surface area contributed by atoms with Gasteiger partial charge in [-0.25, -0.2) is 0 Å². The van der Waals surface area contributed by atoms with Crippen LogP contribution < -0.4 is 0 Å². The Morgan fingerprint density at radius 3 is 3.00 bits per heavy atom. The van der Waals surface area contributed by atoms with Gasteiger partial charge in [-0.1, -0.05) is 24.8 Å². The molecule has 3 rings (SSSR count). The quantitative estimate of drug-likeness (QED) is 0.935. The molecule has 0 bridgehead atoms. The van der Waals surface area contributed by atoms with Gasteiger partial charge in [-0.15, -0.1) is 21.5 Å². The largest absolute Gasteiger partial charge is 0.481 e. The summed E-state index contributed by atoms with van der Waals surface area (Å²) in [6, 6.07) is 3.90. The van der Waals surface area contributed by atoms with Crippen molar-refractivity contribution in [3.63, 3.8) is 0 Å². The van der Waals surface area contributed by atoms with Gasteiger partial charge in [0.15, 0.2) is 5.82 Å². The van der Waals surface area contributed by atoms with E-state index in [-0.39, 0.29) is 11.7 Å². The fourth-order valence-corrected chi connectivity index (χ4v) is 3.91. The summed E-state index contributed by atoms with van der Waals surface area (Å²) in [6.45, 7) is 1.99. The Morgan fingerprint density at radius 1 is 1.50 bits per heavy atom. The summed E-state index contributed by atoms with van der Waals surface area (Å²) in [6.07, 6.45) is 0.758. The molecule has 1 aliphatic heterocycles. The van der Waals surface area contributed by atoms with Gasteiger partial charge < -0.3 is 5.11 Å². The highest BCUT2D eigenvalue weighted by molar-refractivity contribution is 8.00. The van der Waals surface area contributed by atoms with Gasteiger partial charge in [0.1, 0.15) is 0 Å². The summed E-state index contributed by atoms with van der Waals surface area (Å²) in [5, 5.41) is 24.2. The molecule has 0 unspecified atom stereocenters. The zero-order valence-corrected chi connectivity index (χ0v) is 12.3. The summed E-state index contributed by atoms with van der Waals surface area (Å²) in [4.78, 5) is 12.0. The van der Waals surface area contributed by atoms with Crippen LogP contribution in [0.15, 0.2) is 27.8 Å². The summed E-state index contributed by atoms with van der Waals surface area (Å²) in [7, 11) is 0. The molecule has 1 atom stereocenters. The van der Waals surface area contributed by atoms with Crippen LogP contribution in [0.25, 0.3) is 0 Å². The maximum absolute atomic E-state index is 11.0. The molecular weight excluding hydrogens is 296 g/mol. The summed E-state index contributed by atoms with van der Waals surface area (Å²) < 4.78 is 1.72. The van der Waals surface area contributed by atoms with Crippen molar-refractivity contribution in [2.45, 2.75) is 30.2 Å². The van der Waals surface area contributed by atoms with Crippen LogP contribution in [0.4, 0.5) is 0 Å². The number of aryl methyl sites for hydroxylation is 1. The Balaban J connectivity index is 2.06. The van der Waals surface area contributed by atoms with Crippen molar-refractivity contribution in [2.24, 2.45) is 5.10 Å². The van der Waals surface area contributed by atoms with Crippen LogP contribution in [-0.2, 0) is 11.2 Å². The maximum atomic E-state index is 11.0. The van der Waals surface area contributed by atoms with Crippen molar-refractivity contribution >= 4 is 34.8 Å². The lowest BCUT2D eigenvalue weighted by atomic mass is 10.1. The van der Waals surface area contributed by atoms with E-state index in [0.717, 1.165) is 22.8 Å². The van der Waals surface area contributed by atoms with Crippen molar-refractivity contribution in [1.29, 1.82) is 0 Å². The van der Waals surface area contributed by atoms with Crippen molar-refractivity contribution < 1.29 is 9.90 Å². The van der Waals surface area contributed by atoms with E-state index in [1.54, 1.807) is 16.0 Å². The monoisotopic (exact) mass is 308 g/mol. The van der Waals surface area contributed by atoms with Gasteiger partial charge in [0.25, 0.3) is 0 Å². The van der Waals surface area contributed by atoms with Gasteiger partial charge in [-0.3, -0.25) is 4.79 Å². The number of nitrogens with zero attached hydrogens (tertiary/aromatic N) is 4. The molecule has 0 fully saturated rings. The predicted octanol–water partition coefficient (Wildman–Crippen LogP) is 2.10. The molecule has 0 aromatic carbocycles. The highest BCUT2D eigenvalue weighted by atomic mass is 32.2. The third-order valence-electron chi connectivity index (χ3n) is 2.89. The molecule has 104 valence electrons. The first-order chi connectivity index (χ1) is 9.69. The molecule has 3 heterocycles. The second kappa shape index (κ2) is 5.37. The Bertz CT molecular complexity index is 663. The predicted molar refractivity (Wildman–Crippen MR) is 77.6 cm³/mol. The average molecular weight is 308 g/mol. The SMILES string of the molecule is CCc1nnc2n1N=C(c1cccs1)[C@H](CC(=O)O)S2. The van der Waals surface area contributed by atoms with E-state index in [1.807, 2.05) is 24.4 Å². The van der Waals surface area contributed by atoms with Gasteiger partial charge in [-0.2, -0.15) is 9.78 Å². The number of carboxylic acids is 1. The first-order valence-electron chi connectivity index (χ1n) is 6.14. The molecule has 0 radical (unpaired) electrons. The minimum atomic E-state index is -0.838. The van der Waals surface area contributed by atoms with Gasteiger partial charge >= 0.3 is 5.97 Å². The third kappa shape index (κ3) is 2.36. The van der Waals surface area contributed by atoms with Crippen LogP contribution in [0.1, 0.15) is 24.0 Å². The maximum Gasteiger partial charge on any atom is 0.304 e. The van der Waals surface area contributed by atoms with Crippen LogP contribution in [0.3, 0.4) is 0 Å². The number of carbonyl (C=O) groups is 1. The Hall–Kier alpha value is -1.67. The lowest BCUT2D eigenvalue weighted by molar-refractivity contribution is -0.136. The number of aliphatic carboxylic acids is 1. The second-order valence-electron chi connectivity index (χ2n) is 4.23. The molecule has 2 aromatic heterocycles. The van der Waals surface area contributed by atoms with E-state index in [2.05, 4.69) is 15.3 Å². The normalized spacial score (nSPS) is 17.6. The molecule has 2 aromatic rings. The Morgan fingerprint density at radius 2 is 2.35 bits per heavy atom. The van der Waals surface area contributed by atoms with Gasteiger partial charge in [0.2, 0.25) is 5.16 Å². The zero-order chi connectivity index (χ0) is 14.1. The van der Waals surface area contributed by atoms with Crippen LogP contribution in [0.2, 0.25) is 0 Å². The molecule has 0 spiro atoms. The average Bonchev–Trinajstić information content (AvgIpc) is 3.05.